The molecule has 2 aliphatic rings. The molecule has 7 nitrogen and oxygen atoms in total. The zero-order valence-corrected chi connectivity index (χ0v) is 14.1. The van der Waals surface area contributed by atoms with Gasteiger partial charge >= 0.3 is 12.3 Å². The number of rotatable bonds is 4. The fraction of sp³-hybridized carbons (Fsp3) is 0.471. The van der Waals surface area contributed by atoms with Crippen LogP contribution >= 0.6 is 0 Å². The Morgan fingerprint density at radius 3 is 2.44 bits per heavy atom. The van der Waals surface area contributed by atoms with Crippen molar-refractivity contribution in [1.29, 1.82) is 0 Å². The Balaban J connectivity index is 1.73. The van der Waals surface area contributed by atoms with Crippen molar-refractivity contribution in [3.63, 3.8) is 0 Å². The molecule has 0 aromatic heterocycles. The molecule has 0 aliphatic carbocycles. The number of aliphatic carboxylic acids is 1. The number of nitrogens with zero attached hydrogens (tertiary/aromatic N) is 2. The first-order chi connectivity index (χ1) is 12.7. The molecule has 0 radical (unpaired) electrons. The lowest BCUT2D eigenvalue weighted by Crippen LogP contribution is -2.46. The predicted molar refractivity (Wildman–Crippen MR) is 86.0 cm³/mol. The van der Waals surface area contributed by atoms with Crippen molar-refractivity contribution < 1.29 is 37.4 Å². The van der Waals surface area contributed by atoms with E-state index in [9.17, 15) is 27.6 Å². The summed E-state index contributed by atoms with van der Waals surface area (Å²) in [7, 11) is 0. The van der Waals surface area contributed by atoms with Crippen LogP contribution in [0.2, 0.25) is 0 Å². The molecule has 146 valence electrons. The summed E-state index contributed by atoms with van der Waals surface area (Å²) in [6.45, 7) is 0.734. The number of ether oxygens (including phenoxy) is 1. The number of carbonyl (C=O) groups is 3. The lowest BCUT2D eigenvalue weighted by atomic mass is 9.96. The van der Waals surface area contributed by atoms with Crippen LogP contribution in [0.3, 0.4) is 0 Å². The summed E-state index contributed by atoms with van der Waals surface area (Å²) in [5.41, 5.74) is 0.00896. The Morgan fingerprint density at radius 1 is 1.19 bits per heavy atom. The molecule has 2 fully saturated rings. The summed E-state index contributed by atoms with van der Waals surface area (Å²) in [5, 5.41) is 9.04. The molecule has 2 amide bonds. The maximum Gasteiger partial charge on any atom is 0.573 e. The van der Waals surface area contributed by atoms with Gasteiger partial charge in [-0.3, -0.25) is 19.3 Å². The first-order valence-electron chi connectivity index (χ1n) is 8.35. The van der Waals surface area contributed by atoms with Gasteiger partial charge in [-0.2, -0.15) is 0 Å². The number of amides is 2. The molecular formula is C17H17F3N2O5. The number of imide groups is 1. The highest BCUT2D eigenvalue weighted by Crippen LogP contribution is 2.32. The van der Waals surface area contributed by atoms with Crippen LogP contribution in [0.4, 0.5) is 18.9 Å². The minimum atomic E-state index is -4.88. The van der Waals surface area contributed by atoms with Crippen molar-refractivity contribution in [2.24, 2.45) is 5.92 Å². The quantitative estimate of drug-likeness (QED) is 0.797. The van der Waals surface area contributed by atoms with E-state index in [0.29, 0.717) is 25.9 Å². The van der Waals surface area contributed by atoms with Gasteiger partial charge in [0.25, 0.3) is 5.91 Å². The highest BCUT2D eigenvalue weighted by molar-refractivity contribution is 6.22. The number of carboxylic acids is 1. The molecule has 0 saturated carbocycles. The summed E-state index contributed by atoms with van der Waals surface area (Å²) in [4.78, 5) is 38.7. The highest BCUT2D eigenvalue weighted by atomic mass is 19.4. The number of benzene rings is 1. The van der Waals surface area contributed by atoms with E-state index >= 15 is 0 Å². The van der Waals surface area contributed by atoms with Gasteiger partial charge in [0.15, 0.2) is 0 Å². The molecule has 1 N–H and O–H groups in total. The molecule has 1 aromatic rings. The molecule has 2 heterocycles. The van der Waals surface area contributed by atoms with Gasteiger partial charge in [-0.25, -0.2) is 4.90 Å². The summed E-state index contributed by atoms with van der Waals surface area (Å²) in [6, 6.07) is 3.96. The Morgan fingerprint density at radius 2 is 1.85 bits per heavy atom. The van der Waals surface area contributed by atoms with Crippen LogP contribution in [0.5, 0.6) is 5.75 Å². The van der Waals surface area contributed by atoms with Crippen LogP contribution < -0.4 is 9.64 Å². The number of anilines is 1. The number of alkyl halides is 3. The van der Waals surface area contributed by atoms with E-state index in [2.05, 4.69) is 4.74 Å². The molecule has 1 atom stereocenters. The summed E-state index contributed by atoms with van der Waals surface area (Å²) in [5.74, 6) is -2.92. The third-order valence-electron chi connectivity index (χ3n) is 4.75. The van der Waals surface area contributed by atoms with E-state index in [1.54, 1.807) is 4.90 Å². The van der Waals surface area contributed by atoms with Crippen LogP contribution in [0.25, 0.3) is 0 Å². The zero-order valence-electron chi connectivity index (χ0n) is 14.1. The topological polar surface area (TPSA) is 87.2 Å². The highest BCUT2D eigenvalue weighted by Gasteiger charge is 2.44. The Labute approximate surface area is 152 Å². The lowest BCUT2D eigenvalue weighted by molar-refractivity contribution is -0.274. The number of halogens is 3. The summed E-state index contributed by atoms with van der Waals surface area (Å²) < 4.78 is 41.0. The molecule has 2 aliphatic heterocycles. The van der Waals surface area contributed by atoms with Crippen molar-refractivity contribution in [2.45, 2.75) is 31.7 Å². The standard InChI is InChI=1S/C17H17F3N2O5/c18-17(19,20)27-12-3-1-2-11(8-12)22-14(23)9-13(15(22)24)21-6-4-10(5-7-21)16(25)26/h1-3,8,10,13H,4-7,9H2,(H,25,26)/t13-/m0/s1. The largest absolute Gasteiger partial charge is 0.573 e. The molecule has 3 rings (SSSR count). The third kappa shape index (κ3) is 4.21. The van der Waals surface area contributed by atoms with Crippen molar-refractivity contribution in [2.75, 3.05) is 18.0 Å². The minimum absolute atomic E-state index is 0.00896. The summed E-state index contributed by atoms with van der Waals surface area (Å²) >= 11 is 0. The average molecular weight is 386 g/mol. The Kier molecular flexibility index (Phi) is 5.09. The van der Waals surface area contributed by atoms with Gasteiger partial charge < -0.3 is 9.84 Å². The summed E-state index contributed by atoms with van der Waals surface area (Å²) in [6.07, 6.45) is -4.22. The maximum atomic E-state index is 12.7. The molecule has 27 heavy (non-hydrogen) atoms. The molecule has 0 bridgehead atoms. The van der Waals surface area contributed by atoms with Crippen LogP contribution in [-0.4, -0.2) is 53.3 Å². The monoisotopic (exact) mass is 386 g/mol. The number of likely N-dealkylation sites (tertiary alicyclic amines) is 1. The van der Waals surface area contributed by atoms with Crippen LogP contribution in [0.1, 0.15) is 19.3 Å². The maximum absolute atomic E-state index is 12.7. The van der Waals surface area contributed by atoms with E-state index in [-0.39, 0.29) is 12.1 Å². The number of hydrogen-bond acceptors (Lipinski definition) is 5. The molecule has 10 heteroatoms. The van der Waals surface area contributed by atoms with Gasteiger partial charge in [0.05, 0.1) is 24.1 Å². The second-order valence-corrected chi connectivity index (χ2v) is 6.48. The minimum Gasteiger partial charge on any atom is -0.481 e. The van der Waals surface area contributed by atoms with E-state index in [1.165, 1.54) is 12.1 Å². The molecule has 1 aromatic carbocycles. The van der Waals surface area contributed by atoms with Crippen molar-refractivity contribution in [3.8, 4) is 5.75 Å². The van der Waals surface area contributed by atoms with E-state index in [0.717, 1.165) is 17.0 Å². The van der Waals surface area contributed by atoms with E-state index in [1.807, 2.05) is 0 Å². The number of carbonyl (C=O) groups excluding carboxylic acids is 2. The molecular weight excluding hydrogens is 369 g/mol. The number of carboxylic acid groups (broad SMARTS) is 1. The van der Waals surface area contributed by atoms with Crippen molar-refractivity contribution in [1.82, 2.24) is 4.90 Å². The van der Waals surface area contributed by atoms with Crippen molar-refractivity contribution in [3.05, 3.63) is 24.3 Å². The van der Waals surface area contributed by atoms with E-state index in [4.69, 9.17) is 5.11 Å². The van der Waals surface area contributed by atoms with Gasteiger partial charge in [0, 0.05) is 6.07 Å². The van der Waals surface area contributed by atoms with Gasteiger partial charge in [-0.05, 0) is 38.1 Å². The lowest BCUT2D eigenvalue weighted by Gasteiger charge is -2.33. The van der Waals surface area contributed by atoms with Crippen LogP contribution in [0.15, 0.2) is 24.3 Å². The average Bonchev–Trinajstić information content (AvgIpc) is 2.88. The van der Waals surface area contributed by atoms with Crippen LogP contribution in [-0.2, 0) is 14.4 Å². The SMILES string of the molecule is O=C(O)C1CCN([C@H]2CC(=O)N(c3cccc(OC(F)(F)F)c3)C2=O)CC1. The molecule has 0 spiro atoms. The Hall–Kier alpha value is -2.62. The van der Waals surface area contributed by atoms with Gasteiger partial charge in [-0.15, -0.1) is 13.2 Å². The van der Waals surface area contributed by atoms with Gasteiger partial charge in [0.2, 0.25) is 5.91 Å². The van der Waals surface area contributed by atoms with Crippen LogP contribution in [0, 0.1) is 5.92 Å². The predicted octanol–water partition coefficient (Wildman–Crippen LogP) is 2.01. The Bertz CT molecular complexity index is 759. The van der Waals surface area contributed by atoms with Gasteiger partial charge in [-0.1, -0.05) is 6.07 Å². The molecule has 0 unspecified atom stereocenters. The van der Waals surface area contributed by atoms with E-state index < -0.39 is 41.9 Å². The fourth-order valence-electron chi connectivity index (χ4n) is 3.45. The zero-order chi connectivity index (χ0) is 19.8. The first kappa shape index (κ1) is 19.2. The second kappa shape index (κ2) is 7.18. The van der Waals surface area contributed by atoms with Crippen molar-refractivity contribution >= 4 is 23.5 Å². The number of piperidine rings is 1. The smallest absolute Gasteiger partial charge is 0.481 e. The second-order valence-electron chi connectivity index (χ2n) is 6.48. The fourth-order valence-corrected chi connectivity index (χ4v) is 3.45. The number of hydrogen-bond donors (Lipinski definition) is 1. The first-order valence-corrected chi connectivity index (χ1v) is 8.35. The van der Waals surface area contributed by atoms with Gasteiger partial charge in [0.1, 0.15) is 5.75 Å². The third-order valence-corrected chi connectivity index (χ3v) is 4.75. The normalized spacial score (nSPS) is 22.3. The molecule has 2 saturated heterocycles.